The van der Waals surface area contributed by atoms with Gasteiger partial charge in [-0.05, 0) is 19.8 Å². The van der Waals surface area contributed by atoms with Crippen molar-refractivity contribution in [3.63, 3.8) is 0 Å². The average Bonchev–Trinajstić information content (AvgIpc) is 2.59. The van der Waals surface area contributed by atoms with Crippen molar-refractivity contribution in [3.8, 4) is 0 Å². The summed E-state index contributed by atoms with van der Waals surface area (Å²) in [7, 11) is 0. The van der Waals surface area contributed by atoms with Gasteiger partial charge in [0.25, 0.3) is 0 Å². The molecule has 0 aromatic heterocycles. The number of carbonyl (C=O) groups excluding carboxylic acids is 2. The quantitative estimate of drug-likeness (QED) is 0.721. The third kappa shape index (κ3) is 8.76. The van der Waals surface area contributed by atoms with E-state index in [-0.39, 0.29) is 37.7 Å². The summed E-state index contributed by atoms with van der Waals surface area (Å²) in [6.45, 7) is 1.53. The van der Waals surface area contributed by atoms with Gasteiger partial charge >= 0.3 is 0 Å². The Balaban J connectivity index is 2.57. The molecule has 1 heterocycles. The number of nitrogens with zero attached hydrogens (tertiary/aromatic N) is 1. The third-order valence-electron chi connectivity index (χ3n) is 4.36. The fraction of sp³-hybridized carbons (Fsp3) is 0.889. The summed E-state index contributed by atoms with van der Waals surface area (Å²) in [6, 6.07) is 0. The second kappa shape index (κ2) is 12.4. The van der Waals surface area contributed by atoms with Crippen LogP contribution in [0.3, 0.4) is 0 Å². The van der Waals surface area contributed by atoms with Crippen LogP contribution in [-0.4, -0.2) is 58.9 Å². The van der Waals surface area contributed by atoms with Crippen molar-refractivity contribution in [2.75, 3.05) is 19.8 Å². The first-order chi connectivity index (χ1) is 11.5. The largest absolute Gasteiger partial charge is 0.394 e. The summed E-state index contributed by atoms with van der Waals surface area (Å²) in [5.74, 6) is -0.401. The lowest BCUT2D eigenvalue weighted by molar-refractivity contribution is -0.147. The first-order valence-corrected chi connectivity index (χ1v) is 9.28. The van der Waals surface area contributed by atoms with Crippen LogP contribution < -0.4 is 0 Å². The van der Waals surface area contributed by atoms with E-state index in [1.807, 2.05) is 0 Å². The van der Waals surface area contributed by atoms with Crippen LogP contribution in [0.1, 0.15) is 71.1 Å². The molecule has 0 aromatic rings. The zero-order valence-corrected chi connectivity index (χ0v) is 14.9. The molecular weight excluding hydrogens is 310 g/mol. The Morgan fingerprint density at radius 2 is 1.42 bits per heavy atom. The maximum absolute atomic E-state index is 12.4. The lowest BCUT2D eigenvalue weighted by atomic mass is 10.1. The van der Waals surface area contributed by atoms with Crippen LogP contribution in [0.4, 0.5) is 0 Å². The van der Waals surface area contributed by atoms with E-state index in [0.717, 1.165) is 38.5 Å². The Bertz CT molecular complexity index is 350. The van der Waals surface area contributed by atoms with Crippen molar-refractivity contribution < 1.29 is 24.5 Å². The van der Waals surface area contributed by atoms with Gasteiger partial charge in [-0.15, -0.1) is 0 Å². The second-order valence-electron chi connectivity index (χ2n) is 6.71. The molecule has 24 heavy (non-hydrogen) atoms. The first-order valence-electron chi connectivity index (χ1n) is 9.28. The van der Waals surface area contributed by atoms with Crippen molar-refractivity contribution in [3.05, 3.63) is 0 Å². The smallest absolute Gasteiger partial charge is 0.229 e. The molecule has 0 bridgehead atoms. The number of ether oxygens (including phenoxy) is 1. The topological polar surface area (TPSA) is 87.1 Å². The van der Waals surface area contributed by atoms with Gasteiger partial charge in [-0.1, -0.05) is 38.5 Å². The highest BCUT2D eigenvalue weighted by molar-refractivity contribution is 5.95. The molecule has 1 saturated heterocycles. The van der Waals surface area contributed by atoms with Crippen molar-refractivity contribution in [1.82, 2.24) is 4.90 Å². The summed E-state index contributed by atoms with van der Waals surface area (Å²) in [5, 5.41) is 19.0. The van der Waals surface area contributed by atoms with E-state index in [0.29, 0.717) is 12.8 Å². The zero-order chi connectivity index (χ0) is 17.8. The molecule has 6 nitrogen and oxygen atoms in total. The van der Waals surface area contributed by atoms with E-state index in [9.17, 15) is 14.7 Å². The maximum Gasteiger partial charge on any atom is 0.229 e. The predicted octanol–water partition coefficient (Wildman–Crippen LogP) is 2.01. The van der Waals surface area contributed by atoms with Crippen molar-refractivity contribution in [1.29, 1.82) is 0 Å². The lowest BCUT2D eigenvalue weighted by Crippen LogP contribution is -2.43. The summed E-state index contributed by atoms with van der Waals surface area (Å²) in [5.41, 5.74) is 0. The molecule has 0 radical (unpaired) electrons. The van der Waals surface area contributed by atoms with E-state index >= 15 is 0 Å². The fourth-order valence-corrected chi connectivity index (χ4v) is 2.82. The normalized spacial score (nSPS) is 21.5. The highest BCUT2D eigenvalue weighted by Crippen LogP contribution is 2.14. The standard InChI is InChI=1S/C18H33NO5/c1-15(13-20)24-14-16(21)12-19-17(22)10-8-6-4-2-3-5-7-9-11-18(19)23/h15-16,20-21H,2-14H2,1H3. The molecule has 1 rings (SSSR count). The number of rotatable bonds is 6. The van der Waals surface area contributed by atoms with Gasteiger partial charge in [-0.3, -0.25) is 14.5 Å². The number of carbonyl (C=O) groups is 2. The summed E-state index contributed by atoms with van der Waals surface area (Å²) in [4.78, 5) is 25.9. The van der Waals surface area contributed by atoms with Gasteiger partial charge < -0.3 is 14.9 Å². The van der Waals surface area contributed by atoms with Crippen molar-refractivity contribution in [2.45, 2.75) is 83.3 Å². The molecule has 2 atom stereocenters. The minimum atomic E-state index is -0.928. The van der Waals surface area contributed by atoms with Crippen LogP contribution in [0.2, 0.25) is 0 Å². The Morgan fingerprint density at radius 1 is 0.958 bits per heavy atom. The third-order valence-corrected chi connectivity index (χ3v) is 4.36. The van der Waals surface area contributed by atoms with E-state index in [2.05, 4.69) is 0 Å². The molecule has 2 N–H and O–H groups in total. The molecule has 2 amide bonds. The Labute approximate surface area is 145 Å². The molecule has 1 fully saturated rings. The number of aliphatic hydroxyl groups is 2. The average molecular weight is 343 g/mol. The van der Waals surface area contributed by atoms with E-state index in [1.54, 1.807) is 6.92 Å². The Kier molecular flexibility index (Phi) is 10.9. The van der Waals surface area contributed by atoms with Gasteiger partial charge in [0.2, 0.25) is 11.8 Å². The molecule has 0 saturated carbocycles. The minimum Gasteiger partial charge on any atom is -0.394 e. The number of hydrogen-bond donors (Lipinski definition) is 2. The van der Waals surface area contributed by atoms with Gasteiger partial charge in [0.1, 0.15) is 0 Å². The number of hydrogen-bond acceptors (Lipinski definition) is 5. The molecule has 6 heteroatoms. The molecule has 1 aliphatic heterocycles. The monoisotopic (exact) mass is 343 g/mol. The van der Waals surface area contributed by atoms with Gasteiger partial charge in [-0.25, -0.2) is 0 Å². The van der Waals surface area contributed by atoms with Crippen LogP contribution in [0.5, 0.6) is 0 Å². The molecule has 0 aliphatic carbocycles. The molecule has 0 spiro atoms. The lowest BCUT2D eigenvalue weighted by Gasteiger charge is -2.24. The highest BCUT2D eigenvalue weighted by Gasteiger charge is 2.24. The molecule has 1 aliphatic rings. The van der Waals surface area contributed by atoms with Crippen molar-refractivity contribution in [2.24, 2.45) is 0 Å². The fourth-order valence-electron chi connectivity index (χ4n) is 2.82. The first kappa shape index (κ1) is 21.1. The maximum atomic E-state index is 12.4. The Morgan fingerprint density at radius 3 is 1.88 bits per heavy atom. The van der Waals surface area contributed by atoms with Gasteiger partial charge in [0.05, 0.1) is 32.0 Å². The molecule has 2 unspecified atom stereocenters. The number of β-amino-alcohol motifs (C(OH)–C–C–N with tert-alkyl or cyclic N) is 1. The van der Waals surface area contributed by atoms with E-state index in [4.69, 9.17) is 9.84 Å². The van der Waals surface area contributed by atoms with E-state index in [1.165, 1.54) is 17.7 Å². The number of imide groups is 1. The number of aliphatic hydroxyl groups excluding tert-OH is 2. The van der Waals surface area contributed by atoms with Crippen molar-refractivity contribution >= 4 is 11.8 Å². The summed E-state index contributed by atoms with van der Waals surface area (Å²) < 4.78 is 5.27. The van der Waals surface area contributed by atoms with Gasteiger partial charge in [0, 0.05) is 12.8 Å². The van der Waals surface area contributed by atoms with E-state index < -0.39 is 6.10 Å². The van der Waals surface area contributed by atoms with Crippen LogP contribution in [0.15, 0.2) is 0 Å². The van der Waals surface area contributed by atoms with Crippen LogP contribution in [0, 0.1) is 0 Å². The molecule has 0 aromatic carbocycles. The number of amides is 2. The minimum absolute atomic E-state index is 0.00120. The Hall–Kier alpha value is -0.980. The van der Waals surface area contributed by atoms with Crippen LogP contribution in [-0.2, 0) is 14.3 Å². The summed E-state index contributed by atoms with van der Waals surface area (Å²) in [6.07, 6.45) is 7.67. The highest BCUT2D eigenvalue weighted by atomic mass is 16.5. The second-order valence-corrected chi connectivity index (χ2v) is 6.71. The van der Waals surface area contributed by atoms with Gasteiger partial charge in [-0.2, -0.15) is 0 Å². The SMILES string of the molecule is CC(CO)OCC(O)CN1C(=O)CCCCCCCCCCC1=O. The zero-order valence-electron chi connectivity index (χ0n) is 14.9. The van der Waals surface area contributed by atoms with Gasteiger partial charge in [0.15, 0.2) is 0 Å². The molecular formula is C18H33NO5. The predicted molar refractivity (Wildman–Crippen MR) is 91.4 cm³/mol. The van der Waals surface area contributed by atoms with Crippen LogP contribution in [0.25, 0.3) is 0 Å². The van der Waals surface area contributed by atoms with Crippen LogP contribution >= 0.6 is 0 Å². The summed E-state index contributed by atoms with van der Waals surface area (Å²) >= 11 is 0. The molecule has 140 valence electrons.